The van der Waals surface area contributed by atoms with Gasteiger partial charge in [0, 0.05) is 19.1 Å². The quantitative estimate of drug-likeness (QED) is 0.877. The van der Waals surface area contributed by atoms with Crippen LogP contribution < -0.4 is 10.1 Å². The van der Waals surface area contributed by atoms with Crippen LogP contribution in [0.15, 0.2) is 18.2 Å². The molecule has 4 nitrogen and oxygen atoms in total. The smallest absolute Gasteiger partial charge is 0.387 e. The van der Waals surface area contributed by atoms with Gasteiger partial charge in [0.05, 0.1) is 11.8 Å². The maximum atomic E-state index is 13.0. The summed E-state index contributed by atoms with van der Waals surface area (Å²) in [6.07, 6.45) is 2.75. The van der Waals surface area contributed by atoms with Gasteiger partial charge in [-0.05, 0) is 31.4 Å². The molecule has 1 atom stereocenters. The molecule has 1 saturated heterocycles. The summed E-state index contributed by atoms with van der Waals surface area (Å²) < 4.78 is 47.1. The summed E-state index contributed by atoms with van der Waals surface area (Å²) in [4.78, 5) is 11.8. The second-order valence-electron chi connectivity index (χ2n) is 4.74. The van der Waals surface area contributed by atoms with E-state index in [1.165, 1.54) is 6.07 Å². The Balaban J connectivity index is 1.92. The highest BCUT2D eigenvalue weighted by molar-refractivity contribution is 5.92. The summed E-state index contributed by atoms with van der Waals surface area (Å²) in [6, 6.07) is 3.06. The molecule has 1 aliphatic rings. The van der Waals surface area contributed by atoms with Crippen LogP contribution in [0.2, 0.25) is 0 Å². The fourth-order valence-electron chi connectivity index (χ4n) is 2.17. The van der Waals surface area contributed by atoms with Gasteiger partial charge in [0.15, 0.2) is 5.75 Å². The zero-order valence-corrected chi connectivity index (χ0v) is 11.3. The van der Waals surface area contributed by atoms with E-state index in [9.17, 15) is 18.0 Å². The van der Waals surface area contributed by atoms with Crippen molar-refractivity contribution in [3.8, 4) is 5.75 Å². The van der Waals surface area contributed by atoms with E-state index in [-0.39, 0.29) is 24.1 Å². The van der Waals surface area contributed by atoms with Crippen molar-refractivity contribution in [2.45, 2.75) is 38.4 Å². The van der Waals surface area contributed by atoms with E-state index in [4.69, 9.17) is 4.74 Å². The van der Waals surface area contributed by atoms with E-state index in [1.807, 2.05) is 0 Å². The average Bonchev–Trinajstić information content (AvgIpc) is 2.92. The van der Waals surface area contributed by atoms with E-state index in [0.29, 0.717) is 13.0 Å². The lowest BCUT2D eigenvalue weighted by atomic mass is 10.1. The Morgan fingerprint density at radius 2 is 2.29 bits per heavy atom. The minimum Gasteiger partial charge on any atom is -0.432 e. The molecule has 116 valence electrons. The predicted octanol–water partition coefficient (Wildman–Crippen LogP) is 3.32. The van der Waals surface area contributed by atoms with Crippen molar-refractivity contribution in [2.75, 3.05) is 11.9 Å². The van der Waals surface area contributed by atoms with Gasteiger partial charge in [0.1, 0.15) is 5.82 Å². The fraction of sp³-hybridized carbons (Fsp3) is 0.500. The van der Waals surface area contributed by atoms with Crippen LogP contribution in [0.3, 0.4) is 0 Å². The fourth-order valence-corrected chi connectivity index (χ4v) is 2.17. The van der Waals surface area contributed by atoms with Gasteiger partial charge in [-0.1, -0.05) is 0 Å². The molecule has 1 aromatic rings. The van der Waals surface area contributed by atoms with Gasteiger partial charge >= 0.3 is 6.61 Å². The normalized spacial score (nSPS) is 18.0. The van der Waals surface area contributed by atoms with Crippen LogP contribution in [0.25, 0.3) is 0 Å². The molecule has 0 radical (unpaired) electrons. The molecular weight excluding hydrogens is 287 g/mol. The van der Waals surface area contributed by atoms with Crippen LogP contribution in [0.5, 0.6) is 5.75 Å². The Labute approximate surface area is 120 Å². The number of ether oxygens (including phenoxy) is 2. The number of halogens is 3. The molecule has 7 heteroatoms. The van der Waals surface area contributed by atoms with E-state index in [2.05, 4.69) is 10.1 Å². The highest BCUT2D eigenvalue weighted by Crippen LogP contribution is 2.27. The molecular formula is C14H16F3NO3. The molecule has 0 aromatic heterocycles. The number of rotatable bonds is 6. The van der Waals surface area contributed by atoms with Crippen molar-refractivity contribution in [1.82, 2.24) is 0 Å². The summed E-state index contributed by atoms with van der Waals surface area (Å²) >= 11 is 0. The minimum atomic E-state index is -3.09. The largest absolute Gasteiger partial charge is 0.432 e. The zero-order valence-electron chi connectivity index (χ0n) is 11.3. The first-order valence-corrected chi connectivity index (χ1v) is 6.70. The van der Waals surface area contributed by atoms with E-state index >= 15 is 0 Å². The van der Waals surface area contributed by atoms with Crippen LogP contribution in [-0.2, 0) is 9.53 Å². The molecule has 0 spiro atoms. The predicted molar refractivity (Wildman–Crippen MR) is 69.9 cm³/mol. The highest BCUT2D eigenvalue weighted by Gasteiger charge is 2.18. The Kier molecular flexibility index (Phi) is 5.44. The first kappa shape index (κ1) is 15.6. The molecule has 1 aromatic carbocycles. The van der Waals surface area contributed by atoms with E-state index < -0.39 is 18.2 Å². The molecule has 0 saturated carbocycles. The summed E-state index contributed by atoms with van der Waals surface area (Å²) in [5, 5.41) is 2.45. The number of hydrogen-bond acceptors (Lipinski definition) is 3. The summed E-state index contributed by atoms with van der Waals surface area (Å²) in [7, 11) is 0. The number of hydrogen-bond donors (Lipinski definition) is 1. The number of amides is 1. The van der Waals surface area contributed by atoms with Crippen LogP contribution in [-0.4, -0.2) is 25.2 Å². The van der Waals surface area contributed by atoms with Crippen molar-refractivity contribution in [1.29, 1.82) is 0 Å². The van der Waals surface area contributed by atoms with Gasteiger partial charge in [-0.25, -0.2) is 4.39 Å². The van der Waals surface area contributed by atoms with Gasteiger partial charge in [-0.3, -0.25) is 4.79 Å². The molecule has 1 heterocycles. The molecule has 1 amide bonds. The number of carbonyl (C=O) groups excluding carboxylic acids is 1. The van der Waals surface area contributed by atoms with E-state index in [1.54, 1.807) is 0 Å². The maximum absolute atomic E-state index is 13.0. The molecule has 1 aliphatic heterocycles. The molecule has 2 rings (SSSR count). The monoisotopic (exact) mass is 303 g/mol. The highest BCUT2D eigenvalue weighted by atomic mass is 19.3. The minimum absolute atomic E-state index is 0.0223. The summed E-state index contributed by atoms with van der Waals surface area (Å²) in [5.41, 5.74) is 0.0223. The van der Waals surface area contributed by atoms with Gasteiger partial charge < -0.3 is 14.8 Å². The third-order valence-corrected chi connectivity index (χ3v) is 3.15. The Morgan fingerprint density at radius 3 is 2.95 bits per heavy atom. The second kappa shape index (κ2) is 7.31. The topological polar surface area (TPSA) is 47.6 Å². The van der Waals surface area contributed by atoms with Crippen LogP contribution >= 0.6 is 0 Å². The number of carbonyl (C=O) groups is 1. The number of nitrogens with one attached hydrogen (secondary N) is 1. The lowest BCUT2D eigenvalue weighted by Gasteiger charge is -2.13. The standard InChI is InChI=1S/C14H16F3NO3/c15-9-3-5-11(12(8-9)21-14(16)17)18-13(19)6-4-10-2-1-7-20-10/h3,5,8,10,14H,1-2,4,6-7H2,(H,18,19)/t10-/m1/s1. The van der Waals surface area contributed by atoms with E-state index in [0.717, 1.165) is 25.0 Å². The van der Waals surface area contributed by atoms with Crippen molar-refractivity contribution < 1.29 is 27.4 Å². The Bertz CT molecular complexity index is 490. The molecule has 1 fully saturated rings. The molecule has 0 unspecified atom stereocenters. The van der Waals surface area contributed by atoms with Crippen molar-refractivity contribution in [3.63, 3.8) is 0 Å². The first-order valence-electron chi connectivity index (χ1n) is 6.70. The molecule has 0 aliphatic carbocycles. The molecule has 1 N–H and O–H groups in total. The van der Waals surface area contributed by atoms with Crippen LogP contribution in [0.1, 0.15) is 25.7 Å². The third-order valence-electron chi connectivity index (χ3n) is 3.15. The van der Waals surface area contributed by atoms with Gasteiger partial charge in [0.25, 0.3) is 0 Å². The zero-order chi connectivity index (χ0) is 15.2. The molecule has 0 bridgehead atoms. The van der Waals surface area contributed by atoms with Gasteiger partial charge in [0.2, 0.25) is 5.91 Å². The summed E-state index contributed by atoms with van der Waals surface area (Å²) in [5.74, 6) is -1.46. The van der Waals surface area contributed by atoms with Crippen LogP contribution in [0.4, 0.5) is 18.9 Å². The Morgan fingerprint density at radius 1 is 1.48 bits per heavy atom. The molecule has 21 heavy (non-hydrogen) atoms. The Hall–Kier alpha value is -1.76. The van der Waals surface area contributed by atoms with Crippen molar-refractivity contribution >= 4 is 11.6 Å². The lowest BCUT2D eigenvalue weighted by Crippen LogP contribution is -2.16. The van der Waals surface area contributed by atoms with Crippen molar-refractivity contribution in [3.05, 3.63) is 24.0 Å². The number of alkyl halides is 2. The maximum Gasteiger partial charge on any atom is 0.387 e. The number of anilines is 1. The first-order chi connectivity index (χ1) is 10.0. The average molecular weight is 303 g/mol. The van der Waals surface area contributed by atoms with Gasteiger partial charge in [-0.15, -0.1) is 0 Å². The second-order valence-corrected chi connectivity index (χ2v) is 4.74. The van der Waals surface area contributed by atoms with Crippen molar-refractivity contribution in [2.24, 2.45) is 0 Å². The third kappa shape index (κ3) is 4.93. The lowest BCUT2D eigenvalue weighted by molar-refractivity contribution is -0.116. The van der Waals surface area contributed by atoms with Gasteiger partial charge in [-0.2, -0.15) is 8.78 Å². The summed E-state index contributed by atoms with van der Waals surface area (Å²) in [6.45, 7) is -2.38. The SMILES string of the molecule is O=C(CC[C@H]1CCCO1)Nc1ccc(F)cc1OC(F)F. The number of benzene rings is 1. The van der Waals surface area contributed by atoms with Crippen LogP contribution in [0, 0.1) is 5.82 Å².